The van der Waals surface area contributed by atoms with Gasteiger partial charge in [-0.25, -0.2) is 9.59 Å². The number of aliphatic imine (C=N–C) groups is 1. The van der Waals surface area contributed by atoms with Crippen molar-refractivity contribution in [3.63, 3.8) is 0 Å². The van der Waals surface area contributed by atoms with Crippen LogP contribution >= 0.6 is 11.3 Å². The van der Waals surface area contributed by atoms with Crippen molar-refractivity contribution in [2.75, 3.05) is 38.2 Å². The van der Waals surface area contributed by atoms with Crippen molar-refractivity contribution in [2.24, 2.45) is 15.8 Å². The third kappa shape index (κ3) is 4.29. The highest BCUT2D eigenvalue weighted by molar-refractivity contribution is 7.16. The van der Waals surface area contributed by atoms with Crippen molar-refractivity contribution < 1.29 is 24.5 Å². The van der Waals surface area contributed by atoms with E-state index in [1.54, 1.807) is 18.3 Å². The number of aliphatic carboxylic acids is 2. The molecule has 1 saturated carbocycles. The number of nitrogens with zero attached hydrogens (tertiary/aromatic N) is 2. The number of carboxylic acids is 2. The van der Waals surface area contributed by atoms with Crippen LogP contribution in [0.3, 0.4) is 0 Å². The summed E-state index contributed by atoms with van der Waals surface area (Å²) in [5.41, 5.74) is 0.864. The molecular weight excluding hydrogens is 454 g/mol. The molecule has 34 heavy (non-hydrogen) atoms. The summed E-state index contributed by atoms with van der Waals surface area (Å²) in [6.07, 6.45) is 5.42. The van der Waals surface area contributed by atoms with Gasteiger partial charge >= 0.3 is 11.9 Å². The number of rotatable bonds is 6. The van der Waals surface area contributed by atoms with E-state index in [4.69, 9.17) is 9.73 Å². The first kappa shape index (κ1) is 23.5. The smallest absolute Gasteiger partial charge is 0.336 e. The highest BCUT2D eigenvalue weighted by Crippen LogP contribution is 2.48. The summed E-state index contributed by atoms with van der Waals surface area (Å²) in [7, 11) is 0. The zero-order valence-electron chi connectivity index (χ0n) is 20.0. The Morgan fingerprint density at radius 1 is 1.24 bits per heavy atom. The maximum atomic E-state index is 12.0. The van der Waals surface area contributed by atoms with Crippen molar-refractivity contribution in [1.82, 2.24) is 4.90 Å². The van der Waals surface area contributed by atoms with E-state index in [1.807, 2.05) is 0 Å². The van der Waals surface area contributed by atoms with E-state index in [9.17, 15) is 19.8 Å². The molecule has 1 aromatic heterocycles. The monoisotopic (exact) mass is 487 g/mol. The molecule has 0 radical (unpaired) electrons. The van der Waals surface area contributed by atoms with E-state index < -0.39 is 17.6 Å². The van der Waals surface area contributed by atoms with E-state index in [1.165, 1.54) is 17.7 Å². The maximum Gasteiger partial charge on any atom is 0.336 e. The molecule has 1 aromatic rings. The van der Waals surface area contributed by atoms with Gasteiger partial charge in [0.15, 0.2) is 5.66 Å². The second-order valence-corrected chi connectivity index (χ2v) is 12.5. The van der Waals surface area contributed by atoms with Crippen LogP contribution in [0.1, 0.15) is 62.8 Å². The maximum absolute atomic E-state index is 12.0. The normalized spacial score (nSPS) is 28.3. The first-order chi connectivity index (χ1) is 16.0. The number of ether oxygens (including phenoxy) is 1. The molecule has 3 N–H and O–H groups in total. The largest absolute Gasteiger partial charge is 0.478 e. The molecule has 0 amide bonds. The minimum absolute atomic E-state index is 0.268. The summed E-state index contributed by atoms with van der Waals surface area (Å²) in [6.45, 7) is 10.4. The molecule has 8 nitrogen and oxygen atoms in total. The van der Waals surface area contributed by atoms with Gasteiger partial charge in [-0.15, -0.1) is 11.3 Å². The van der Waals surface area contributed by atoms with Crippen LogP contribution in [0.2, 0.25) is 0 Å². The highest BCUT2D eigenvalue weighted by atomic mass is 32.1. The van der Waals surface area contributed by atoms with Crippen molar-refractivity contribution in [2.45, 2.75) is 58.0 Å². The van der Waals surface area contributed by atoms with Gasteiger partial charge in [0.1, 0.15) is 0 Å². The van der Waals surface area contributed by atoms with Gasteiger partial charge < -0.3 is 20.3 Å². The molecular formula is C25H33N3O5S. The number of likely N-dealkylation sites (tertiary alicyclic amines) is 1. The highest BCUT2D eigenvalue weighted by Gasteiger charge is 2.49. The average molecular weight is 488 g/mol. The molecule has 5 rings (SSSR count). The number of fused-ring (bicyclic) bond motifs is 1. The quantitative estimate of drug-likeness (QED) is 0.524. The average Bonchev–Trinajstić information content (AvgIpc) is 3.10. The molecule has 1 unspecified atom stereocenters. The van der Waals surface area contributed by atoms with Crippen LogP contribution in [-0.2, 0) is 14.3 Å². The molecule has 1 spiro atoms. The summed E-state index contributed by atoms with van der Waals surface area (Å²) in [4.78, 5) is 31.9. The Bertz CT molecular complexity index is 1070. The Labute approximate surface area is 203 Å². The number of carboxylic acid groups (broad SMARTS) is 2. The van der Waals surface area contributed by atoms with Crippen molar-refractivity contribution in [1.29, 1.82) is 0 Å². The minimum atomic E-state index is -1.36. The molecule has 0 aromatic carbocycles. The Morgan fingerprint density at radius 3 is 2.47 bits per heavy atom. The van der Waals surface area contributed by atoms with Gasteiger partial charge in [0.25, 0.3) is 0 Å². The molecule has 3 fully saturated rings. The number of nitrogens with one attached hydrogen (secondary N) is 1. The summed E-state index contributed by atoms with van der Waals surface area (Å²) in [6, 6.07) is 2.23. The third-order valence-electron chi connectivity index (χ3n) is 7.85. The molecule has 1 aliphatic carbocycles. The lowest BCUT2D eigenvalue weighted by Gasteiger charge is -2.55. The lowest BCUT2D eigenvalue weighted by molar-refractivity contribution is -0.185. The minimum Gasteiger partial charge on any atom is -0.478 e. The van der Waals surface area contributed by atoms with Gasteiger partial charge in [0.2, 0.25) is 0 Å². The summed E-state index contributed by atoms with van der Waals surface area (Å²) < 4.78 is 5.39. The van der Waals surface area contributed by atoms with E-state index in [-0.39, 0.29) is 11.0 Å². The second kappa shape index (κ2) is 8.17. The number of thiophene rings is 1. The standard InChI is InChI=1S/C25H33N3O5S/c1-23(2)6-4-15(5-7-23)19-8-16-18(10-28-11-25(12-28)13-33-14-25)26-24(3,27-21(16)34-19)17(22(31)32)9-20(29)30/h8-9,15,27H,4-7,10-14H2,1-3H3,(H,29,30)(H,31,32)/b17-9-. The van der Waals surface area contributed by atoms with Crippen LogP contribution in [0.5, 0.6) is 0 Å². The number of carbonyl (C=O) groups is 2. The van der Waals surface area contributed by atoms with Crippen molar-refractivity contribution in [3.8, 4) is 0 Å². The molecule has 184 valence electrons. The van der Waals surface area contributed by atoms with Crippen LogP contribution < -0.4 is 5.32 Å². The molecule has 2 saturated heterocycles. The predicted molar refractivity (Wildman–Crippen MR) is 131 cm³/mol. The van der Waals surface area contributed by atoms with Gasteiger partial charge in [0, 0.05) is 41.6 Å². The first-order valence-electron chi connectivity index (χ1n) is 12.0. The van der Waals surface area contributed by atoms with Gasteiger partial charge in [-0.1, -0.05) is 13.8 Å². The Morgan fingerprint density at radius 2 is 1.91 bits per heavy atom. The van der Waals surface area contributed by atoms with Crippen LogP contribution in [-0.4, -0.2) is 71.3 Å². The molecule has 1 atom stereocenters. The molecule has 3 aliphatic heterocycles. The van der Waals surface area contributed by atoms with Gasteiger partial charge in [-0.05, 0) is 50.0 Å². The van der Waals surface area contributed by atoms with E-state index in [0.29, 0.717) is 17.9 Å². The summed E-state index contributed by atoms with van der Waals surface area (Å²) >= 11 is 1.67. The Balaban J connectivity index is 1.46. The predicted octanol–water partition coefficient (Wildman–Crippen LogP) is 3.79. The van der Waals surface area contributed by atoms with Crippen molar-refractivity contribution in [3.05, 3.63) is 28.2 Å². The zero-order chi connectivity index (χ0) is 24.3. The fourth-order valence-corrected chi connectivity index (χ4v) is 7.11. The lowest BCUT2D eigenvalue weighted by Crippen LogP contribution is -2.66. The van der Waals surface area contributed by atoms with Gasteiger partial charge in [-0.3, -0.25) is 9.89 Å². The number of hydrogen-bond acceptors (Lipinski definition) is 7. The fourth-order valence-electron chi connectivity index (χ4n) is 5.76. The van der Waals surface area contributed by atoms with Crippen LogP contribution in [0.25, 0.3) is 0 Å². The van der Waals surface area contributed by atoms with Crippen LogP contribution in [0, 0.1) is 10.8 Å². The van der Waals surface area contributed by atoms with E-state index in [0.717, 1.165) is 61.5 Å². The topological polar surface area (TPSA) is 111 Å². The van der Waals surface area contributed by atoms with Crippen molar-refractivity contribution >= 4 is 34.0 Å². The SMILES string of the molecule is CC1(C)CCC(c2cc3c(s2)NC(C)(/C(=C\C(=O)O)C(=O)O)N=C3CN2CC3(COC3)C2)CC1. The first-order valence-corrected chi connectivity index (χ1v) is 12.8. The molecule has 4 heterocycles. The Hall–Kier alpha value is -2.23. The number of hydrogen-bond donors (Lipinski definition) is 3. The van der Waals surface area contributed by atoms with Crippen LogP contribution in [0.15, 0.2) is 22.7 Å². The fraction of sp³-hybridized carbons (Fsp3) is 0.640. The van der Waals surface area contributed by atoms with E-state index in [2.05, 4.69) is 30.1 Å². The summed E-state index contributed by atoms with van der Waals surface area (Å²) in [5.74, 6) is -2.09. The molecule has 4 aliphatic rings. The summed E-state index contributed by atoms with van der Waals surface area (Å²) in [5, 5.41) is 23.3. The lowest BCUT2D eigenvalue weighted by atomic mass is 9.73. The molecule has 0 bridgehead atoms. The van der Waals surface area contributed by atoms with Crippen LogP contribution in [0.4, 0.5) is 5.00 Å². The van der Waals surface area contributed by atoms with Gasteiger partial charge in [-0.2, -0.15) is 0 Å². The number of anilines is 1. The Kier molecular flexibility index (Phi) is 5.65. The third-order valence-corrected chi connectivity index (χ3v) is 9.06. The molecule has 9 heteroatoms. The zero-order valence-corrected chi connectivity index (χ0v) is 20.8. The second-order valence-electron chi connectivity index (χ2n) is 11.4. The van der Waals surface area contributed by atoms with E-state index >= 15 is 0 Å². The van der Waals surface area contributed by atoms with Gasteiger partial charge in [0.05, 0.1) is 29.5 Å².